The zero-order valence-electron chi connectivity index (χ0n) is 14.7. The lowest BCUT2D eigenvalue weighted by Gasteiger charge is -2.26. The zero-order valence-corrected chi connectivity index (χ0v) is 16.2. The van der Waals surface area contributed by atoms with Crippen molar-refractivity contribution < 1.29 is 4.79 Å². The van der Waals surface area contributed by atoms with Crippen molar-refractivity contribution in [2.24, 2.45) is 0 Å². The highest BCUT2D eigenvalue weighted by Gasteiger charge is 2.19. The number of aromatic nitrogens is 2. The molecule has 1 fully saturated rings. The summed E-state index contributed by atoms with van der Waals surface area (Å²) in [4.78, 5) is 14.4. The van der Waals surface area contributed by atoms with Gasteiger partial charge in [-0.05, 0) is 43.5 Å². The van der Waals surface area contributed by atoms with E-state index < -0.39 is 0 Å². The van der Waals surface area contributed by atoms with Crippen LogP contribution in [0.1, 0.15) is 40.2 Å². The molecule has 1 N–H and O–H groups in total. The van der Waals surface area contributed by atoms with Crippen LogP contribution in [0, 0.1) is 6.92 Å². The molecule has 4 rings (SSSR count). The smallest absolute Gasteiger partial charge is 0.275 e. The number of aryl methyl sites for hydroxylation is 1. The molecule has 3 heterocycles. The van der Waals surface area contributed by atoms with E-state index in [4.69, 9.17) is 11.6 Å². The van der Waals surface area contributed by atoms with E-state index in [1.165, 1.54) is 17.8 Å². The second-order valence-electron chi connectivity index (χ2n) is 6.69. The lowest BCUT2D eigenvalue weighted by atomic mass is 10.2. The fraction of sp³-hybridized carbons (Fsp3) is 0.368. The summed E-state index contributed by atoms with van der Waals surface area (Å²) in [6, 6.07) is 9.73. The summed E-state index contributed by atoms with van der Waals surface area (Å²) < 4.78 is 1.97. The number of rotatable bonds is 4. The van der Waals surface area contributed by atoms with Crippen LogP contribution in [0.3, 0.4) is 0 Å². The number of nitrogens with zero attached hydrogens (tertiary/aromatic N) is 3. The van der Waals surface area contributed by atoms with E-state index in [9.17, 15) is 4.79 Å². The molecule has 0 radical (unpaired) electrons. The fourth-order valence-corrected chi connectivity index (χ4v) is 4.48. The van der Waals surface area contributed by atoms with Gasteiger partial charge >= 0.3 is 0 Å². The molecule has 0 saturated carbocycles. The van der Waals surface area contributed by atoms with Gasteiger partial charge in [0.25, 0.3) is 5.91 Å². The number of piperidine rings is 1. The zero-order chi connectivity index (χ0) is 18.1. The van der Waals surface area contributed by atoms with E-state index in [1.807, 2.05) is 46.9 Å². The molecule has 1 aromatic carbocycles. The normalized spacial score (nSPS) is 15.5. The quantitative estimate of drug-likeness (QED) is 0.727. The van der Waals surface area contributed by atoms with Crippen LogP contribution in [0.15, 0.2) is 30.3 Å². The van der Waals surface area contributed by atoms with Gasteiger partial charge in [-0.2, -0.15) is 5.10 Å². The van der Waals surface area contributed by atoms with Crippen LogP contribution < -0.4 is 5.43 Å². The molecule has 0 spiro atoms. The molecule has 0 atom stereocenters. The lowest BCUT2D eigenvalue weighted by molar-refractivity contribution is 0.0754. The number of carbonyl (C=O) groups is 1. The standard InChI is InChI=1S/C19H21ClN4OS/c1-13-16-11-17(18(25)22-23-9-3-2-4-10-23)26-19(16)24(21-13)12-14-5-7-15(20)8-6-14/h5-8,11H,2-4,9-10,12H2,1H3,(H,22,25). The molecular formula is C19H21ClN4OS. The van der Waals surface area contributed by atoms with Crippen molar-refractivity contribution in [1.82, 2.24) is 20.2 Å². The van der Waals surface area contributed by atoms with Crippen molar-refractivity contribution in [2.45, 2.75) is 32.7 Å². The molecule has 5 nitrogen and oxygen atoms in total. The number of hydrogen-bond acceptors (Lipinski definition) is 4. The Labute approximate surface area is 161 Å². The summed E-state index contributed by atoms with van der Waals surface area (Å²) in [6.07, 6.45) is 3.53. The minimum absolute atomic E-state index is 0.0226. The highest BCUT2D eigenvalue weighted by Crippen LogP contribution is 2.29. The number of fused-ring (bicyclic) bond motifs is 1. The van der Waals surface area contributed by atoms with E-state index >= 15 is 0 Å². The van der Waals surface area contributed by atoms with Crippen molar-refractivity contribution >= 4 is 39.1 Å². The van der Waals surface area contributed by atoms with Gasteiger partial charge in [0, 0.05) is 23.5 Å². The first-order valence-corrected chi connectivity index (χ1v) is 10.1. The Bertz CT molecular complexity index is 925. The number of hydrazine groups is 1. The van der Waals surface area contributed by atoms with E-state index in [0.717, 1.165) is 57.3 Å². The average Bonchev–Trinajstić information content (AvgIpc) is 3.20. The first-order valence-electron chi connectivity index (χ1n) is 8.87. The van der Waals surface area contributed by atoms with Gasteiger partial charge in [0.15, 0.2) is 0 Å². The molecule has 3 aromatic rings. The van der Waals surface area contributed by atoms with E-state index in [1.54, 1.807) is 0 Å². The second kappa shape index (κ2) is 7.39. The molecule has 1 aliphatic heterocycles. The fourth-order valence-electron chi connectivity index (χ4n) is 3.30. The molecule has 0 unspecified atom stereocenters. The number of amides is 1. The van der Waals surface area contributed by atoms with Gasteiger partial charge in [-0.25, -0.2) is 5.01 Å². The Balaban J connectivity index is 1.56. The summed E-state index contributed by atoms with van der Waals surface area (Å²) in [5.74, 6) is -0.0226. The van der Waals surface area contributed by atoms with Crippen LogP contribution in [-0.2, 0) is 6.54 Å². The van der Waals surface area contributed by atoms with Crippen molar-refractivity contribution in [3.05, 3.63) is 51.5 Å². The molecule has 0 aliphatic carbocycles. The molecule has 1 amide bonds. The van der Waals surface area contributed by atoms with Crippen molar-refractivity contribution in [3.63, 3.8) is 0 Å². The number of nitrogens with one attached hydrogen (secondary N) is 1. The third-order valence-corrected chi connectivity index (χ3v) is 6.09. The molecular weight excluding hydrogens is 368 g/mol. The van der Waals surface area contributed by atoms with Crippen molar-refractivity contribution in [1.29, 1.82) is 0 Å². The van der Waals surface area contributed by atoms with E-state index in [2.05, 4.69) is 10.5 Å². The minimum atomic E-state index is -0.0226. The predicted molar refractivity (Wildman–Crippen MR) is 106 cm³/mol. The molecule has 136 valence electrons. The Kier molecular flexibility index (Phi) is 4.98. The number of halogens is 1. The predicted octanol–water partition coefficient (Wildman–Crippen LogP) is 4.24. The first-order chi connectivity index (χ1) is 12.6. The van der Waals surface area contributed by atoms with Gasteiger partial charge in [0.2, 0.25) is 0 Å². The Morgan fingerprint density at radius 2 is 1.96 bits per heavy atom. The Hall–Kier alpha value is -1.89. The average molecular weight is 389 g/mol. The number of hydrogen-bond donors (Lipinski definition) is 1. The van der Waals surface area contributed by atoms with Crippen LogP contribution in [0.5, 0.6) is 0 Å². The van der Waals surface area contributed by atoms with Gasteiger partial charge < -0.3 is 0 Å². The van der Waals surface area contributed by atoms with Gasteiger partial charge in [-0.15, -0.1) is 11.3 Å². The maximum absolute atomic E-state index is 12.6. The van der Waals surface area contributed by atoms with Crippen LogP contribution in [0.4, 0.5) is 0 Å². The summed E-state index contributed by atoms with van der Waals surface area (Å²) in [7, 11) is 0. The highest BCUT2D eigenvalue weighted by atomic mass is 35.5. The van der Waals surface area contributed by atoms with Crippen molar-refractivity contribution in [2.75, 3.05) is 13.1 Å². The van der Waals surface area contributed by atoms with Gasteiger partial charge in [-0.3, -0.25) is 14.9 Å². The lowest BCUT2D eigenvalue weighted by Crippen LogP contribution is -2.44. The number of benzene rings is 1. The summed E-state index contributed by atoms with van der Waals surface area (Å²) in [5.41, 5.74) is 5.12. The summed E-state index contributed by atoms with van der Waals surface area (Å²) in [5, 5.41) is 8.44. The van der Waals surface area contributed by atoms with Crippen molar-refractivity contribution in [3.8, 4) is 0 Å². The Morgan fingerprint density at radius 3 is 2.69 bits per heavy atom. The van der Waals surface area contributed by atoms with Gasteiger partial charge in [0.1, 0.15) is 4.83 Å². The number of thiophene rings is 1. The molecule has 0 bridgehead atoms. The largest absolute Gasteiger partial charge is 0.284 e. The first kappa shape index (κ1) is 17.5. The Morgan fingerprint density at radius 1 is 1.23 bits per heavy atom. The molecule has 1 saturated heterocycles. The van der Waals surface area contributed by atoms with Gasteiger partial charge in [-0.1, -0.05) is 30.2 Å². The van der Waals surface area contributed by atoms with Crippen LogP contribution in [0.25, 0.3) is 10.2 Å². The second-order valence-corrected chi connectivity index (χ2v) is 8.15. The molecule has 2 aromatic heterocycles. The molecule has 26 heavy (non-hydrogen) atoms. The molecule has 1 aliphatic rings. The minimum Gasteiger partial charge on any atom is -0.284 e. The number of carbonyl (C=O) groups excluding carboxylic acids is 1. The summed E-state index contributed by atoms with van der Waals surface area (Å²) in [6.45, 7) is 4.51. The SMILES string of the molecule is Cc1nn(Cc2ccc(Cl)cc2)c2sc(C(=O)NN3CCCCC3)cc12. The van der Waals surface area contributed by atoms with E-state index in [0.29, 0.717) is 6.54 Å². The van der Waals surface area contributed by atoms with E-state index in [-0.39, 0.29) is 5.91 Å². The highest BCUT2D eigenvalue weighted by molar-refractivity contribution is 7.20. The summed E-state index contributed by atoms with van der Waals surface area (Å²) >= 11 is 7.46. The van der Waals surface area contributed by atoms with Crippen LogP contribution in [0.2, 0.25) is 5.02 Å². The third kappa shape index (κ3) is 3.63. The molecule has 7 heteroatoms. The monoisotopic (exact) mass is 388 g/mol. The van der Waals surface area contributed by atoms with Crippen LogP contribution >= 0.6 is 22.9 Å². The van der Waals surface area contributed by atoms with Crippen LogP contribution in [-0.4, -0.2) is 33.8 Å². The van der Waals surface area contributed by atoms with Gasteiger partial charge in [0.05, 0.1) is 17.1 Å². The topological polar surface area (TPSA) is 50.2 Å². The maximum Gasteiger partial charge on any atom is 0.275 e. The third-order valence-electron chi connectivity index (χ3n) is 4.69. The maximum atomic E-state index is 12.6.